The zero-order chi connectivity index (χ0) is 12.8. The van der Waals surface area contributed by atoms with Crippen LogP contribution in [-0.4, -0.2) is 14.6 Å². The first-order chi connectivity index (χ1) is 7.79. The summed E-state index contributed by atoms with van der Waals surface area (Å²) < 4.78 is 62.7. The van der Waals surface area contributed by atoms with Gasteiger partial charge in [-0.1, -0.05) is 0 Å². The van der Waals surface area contributed by atoms with Gasteiger partial charge in [-0.25, -0.2) is 18.3 Å². The number of rotatable bonds is 1. The zero-order valence-electron chi connectivity index (χ0n) is 8.46. The van der Waals surface area contributed by atoms with Gasteiger partial charge in [0.1, 0.15) is 0 Å². The molecule has 2 aromatic rings. The molecule has 17 heavy (non-hydrogen) atoms. The summed E-state index contributed by atoms with van der Waals surface area (Å²) in [7, 11) is 0. The second kappa shape index (κ2) is 3.64. The molecule has 0 aliphatic carbocycles. The summed E-state index contributed by atoms with van der Waals surface area (Å²) >= 11 is 0. The van der Waals surface area contributed by atoms with E-state index in [1.807, 2.05) is 0 Å². The van der Waals surface area contributed by atoms with Gasteiger partial charge < -0.3 is 0 Å². The summed E-state index contributed by atoms with van der Waals surface area (Å²) in [6, 6.07) is 0.846. The van der Waals surface area contributed by atoms with Crippen molar-refractivity contribution in [1.82, 2.24) is 14.6 Å². The van der Waals surface area contributed by atoms with Crippen molar-refractivity contribution in [3.8, 4) is 0 Å². The van der Waals surface area contributed by atoms with E-state index in [1.165, 1.54) is 6.92 Å². The van der Waals surface area contributed by atoms with E-state index >= 15 is 0 Å². The van der Waals surface area contributed by atoms with Crippen LogP contribution >= 0.6 is 0 Å². The van der Waals surface area contributed by atoms with Crippen molar-refractivity contribution < 1.29 is 22.0 Å². The van der Waals surface area contributed by atoms with Gasteiger partial charge in [-0.05, 0) is 18.6 Å². The van der Waals surface area contributed by atoms with Crippen molar-refractivity contribution in [2.75, 3.05) is 0 Å². The van der Waals surface area contributed by atoms with E-state index in [-0.39, 0.29) is 11.2 Å². The second-order valence-corrected chi connectivity index (χ2v) is 3.45. The molecule has 0 aliphatic rings. The van der Waals surface area contributed by atoms with Crippen molar-refractivity contribution in [1.29, 1.82) is 0 Å². The fourth-order valence-corrected chi connectivity index (χ4v) is 1.41. The first-order valence-corrected chi connectivity index (χ1v) is 4.51. The molecule has 3 nitrogen and oxygen atoms in total. The van der Waals surface area contributed by atoms with Gasteiger partial charge in [-0.2, -0.15) is 13.2 Å². The van der Waals surface area contributed by atoms with E-state index in [0.717, 1.165) is 10.6 Å². The highest BCUT2D eigenvalue weighted by Gasteiger charge is 2.32. The van der Waals surface area contributed by atoms with Gasteiger partial charge in [0, 0.05) is 6.20 Å². The molecule has 0 aromatic carbocycles. The second-order valence-electron chi connectivity index (χ2n) is 3.45. The van der Waals surface area contributed by atoms with Crippen LogP contribution in [0.15, 0.2) is 12.3 Å². The molecule has 0 radical (unpaired) electrons. The Hall–Kier alpha value is -1.73. The molecule has 0 spiro atoms. The van der Waals surface area contributed by atoms with Crippen LogP contribution in [0, 0.1) is 6.92 Å². The highest BCUT2D eigenvalue weighted by molar-refractivity contribution is 5.48. The Morgan fingerprint density at radius 2 is 1.94 bits per heavy atom. The number of pyridine rings is 1. The Morgan fingerprint density at radius 3 is 2.47 bits per heavy atom. The van der Waals surface area contributed by atoms with Gasteiger partial charge in [-0.3, -0.25) is 0 Å². The highest BCUT2D eigenvalue weighted by atomic mass is 19.4. The standard InChI is InChI=1S/C9H6F5N3/c1-4-2-5(9(12,13)14)3-17-8(4)15-7(16-17)6(10)11/h2-3,6H,1H3. The molecule has 0 fully saturated rings. The minimum absolute atomic E-state index is 0.00620. The average Bonchev–Trinajstić information content (AvgIpc) is 2.60. The third-order valence-corrected chi connectivity index (χ3v) is 2.16. The monoisotopic (exact) mass is 251 g/mol. The van der Waals surface area contributed by atoms with Gasteiger partial charge in [0.15, 0.2) is 5.65 Å². The third-order valence-electron chi connectivity index (χ3n) is 2.16. The van der Waals surface area contributed by atoms with Crippen LogP contribution in [-0.2, 0) is 6.18 Å². The molecule has 8 heteroatoms. The Morgan fingerprint density at radius 1 is 1.29 bits per heavy atom. The minimum atomic E-state index is -4.55. The average molecular weight is 251 g/mol. The number of alkyl halides is 5. The van der Waals surface area contributed by atoms with E-state index in [2.05, 4.69) is 10.1 Å². The smallest absolute Gasteiger partial charge is 0.220 e. The highest BCUT2D eigenvalue weighted by Crippen LogP contribution is 2.30. The summed E-state index contributed by atoms with van der Waals surface area (Å²) in [5, 5.41) is 3.30. The minimum Gasteiger partial charge on any atom is -0.220 e. The lowest BCUT2D eigenvalue weighted by Crippen LogP contribution is -2.07. The van der Waals surface area contributed by atoms with Crippen LogP contribution in [0.25, 0.3) is 5.65 Å². The van der Waals surface area contributed by atoms with E-state index in [9.17, 15) is 22.0 Å². The molecule has 0 N–H and O–H groups in total. The van der Waals surface area contributed by atoms with Crippen molar-refractivity contribution in [2.45, 2.75) is 19.5 Å². The van der Waals surface area contributed by atoms with Crippen LogP contribution in [0.5, 0.6) is 0 Å². The number of hydrogen-bond acceptors (Lipinski definition) is 2. The number of hydrogen-bond donors (Lipinski definition) is 0. The molecule has 0 saturated carbocycles. The first kappa shape index (κ1) is 11.7. The maximum absolute atomic E-state index is 12.5. The largest absolute Gasteiger partial charge is 0.417 e. The lowest BCUT2D eigenvalue weighted by atomic mass is 10.2. The number of fused-ring (bicyclic) bond motifs is 1. The summed E-state index contributed by atoms with van der Waals surface area (Å²) in [6.07, 6.45) is -6.82. The molecular weight excluding hydrogens is 245 g/mol. The van der Waals surface area contributed by atoms with Crippen molar-refractivity contribution in [3.63, 3.8) is 0 Å². The zero-order valence-corrected chi connectivity index (χ0v) is 8.46. The molecule has 0 bridgehead atoms. The Balaban J connectivity index is 2.65. The number of aromatic nitrogens is 3. The van der Waals surface area contributed by atoms with Crippen molar-refractivity contribution >= 4 is 5.65 Å². The third kappa shape index (κ3) is 2.06. The lowest BCUT2D eigenvalue weighted by Gasteiger charge is -2.07. The van der Waals surface area contributed by atoms with Crippen molar-refractivity contribution in [3.05, 3.63) is 29.2 Å². The molecule has 2 aromatic heterocycles. The van der Waals surface area contributed by atoms with Crippen LogP contribution in [0.4, 0.5) is 22.0 Å². The quantitative estimate of drug-likeness (QED) is 0.729. The van der Waals surface area contributed by atoms with Gasteiger partial charge in [0.2, 0.25) is 5.82 Å². The Bertz CT molecular complexity index is 557. The fraction of sp³-hybridized carbons (Fsp3) is 0.333. The Kier molecular flexibility index (Phi) is 2.52. The molecule has 0 saturated heterocycles. The summed E-state index contributed by atoms with van der Waals surface area (Å²) in [5.41, 5.74) is -0.819. The van der Waals surface area contributed by atoms with E-state index in [0.29, 0.717) is 6.20 Å². The van der Waals surface area contributed by atoms with Gasteiger partial charge in [-0.15, -0.1) is 5.10 Å². The van der Waals surface area contributed by atoms with Crippen LogP contribution in [0.2, 0.25) is 0 Å². The van der Waals surface area contributed by atoms with Gasteiger partial charge >= 0.3 is 6.18 Å². The molecule has 2 rings (SSSR count). The SMILES string of the molecule is Cc1cc(C(F)(F)F)cn2nc(C(F)F)nc12. The number of halogens is 5. The molecule has 0 aliphatic heterocycles. The predicted octanol–water partition coefficient (Wildman–Crippen LogP) is 2.99. The molecular formula is C9H6F5N3. The molecule has 0 amide bonds. The first-order valence-electron chi connectivity index (χ1n) is 4.51. The van der Waals surface area contributed by atoms with Crippen LogP contribution in [0.3, 0.4) is 0 Å². The molecule has 0 unspecified atom stereocenters. The summed E-state index contributed by atoms with van der Waals surface area (Å²) in [6.45, 7) is 1.36. The molecule has 0 atom stereocenters. The van der Waals surface area contributed by atoms with Crippen LogP contribution in [0.1, 0.15) is 23.4 Å². The normalized spacial score (nSPS) is 12.6. The topological polar surface area (TPSA) is 30.2 Å². The molecule has 2 heterocycles. The summed E-state index contributed by atoms with van der Waals surface area (Å²) in [5.74, 6) is -0.785. The lowest BCUT2D eigenvalue weighted by molar-refractivity contribution is -0.137. The number of aryl methyl sites for hydroxylation is 1. The number of nitrogens with zero attached hydrogens (tertiary/aromatic N) is 3. The fourth-order valence-electron chi connectivity index (χ4n) is 1.41. The van der Waals surface area contributed by atoms with Gasteiger partial charge in [0.25, 0.3) is 6.43 Å². The van der Waals surface area contributed by atoms with E-state index in [1.54, 1.807) is 0 Å². The Labute approximate surface area is 91.9 Å². The van der Waals surface area contributed by atoms with Crippen molar-refractivity contribution in [2.24, 2.45) is 0 Å². The summed E-state index contributed by atoms with van der Waals surface area (Å²) in [4.78, 5) is 3.47. The maximum Gasteiger partial charge on any atom is 0.417 e. The van der Waals surface area contributed by atoms with E-state index in [4.69, 9.17) is 0 Å². The molecule has 92 valence electrons. The van der Waals surface area contributed by atoms with Gasteiger partial charge in [0.05, 0.1) is 5.56 Å². The predicted molar refractivity (Wildman–Crippen MR) is 47.7 cm³/mol. The van der Waals surface area contributed by atoms with Crippen LogP contribution < -0.4 is 0 Å². The van der Waals surface area contributed by atoms with E-state index < -0.39 is 24.0 Å². The maximum atomic E-state index is 12.5.